The Morgan fingerprint density at radius 1 is 1.37 bits per heavy atom. The highest BCUT2D eigenvalue weighted by molar-refractivity contribution is 7.18. The molecule has 0 aromatic carbocycles. The summed E-state index contributed by atoms with van der Waals surface area (Å²) in [6.07, 6.45) is 3.40. The summed E-state index contributed by atoms with van der Waals surface area (Å²) in [6.45, 7) is 5.23. The summed E-state index contributed by atoms with van der Waals surface area (Å²) in [5.41, 5.74) is 1.29. The van der Waals surface area contributed by atoms with Gasteiger partial charge in [0.25, 0.3) is 0 Å². The Bertz CT molecular complexity index is 604. The fourth-order valence-electron chi connectivity index (χ4n) is 2.78. The number of aryl methyl sites for hydroxylation is 2. The molecule has 0 saturated heterocycles. The second-order valence-electron chi connectivity index (χ2n) is 5.53. The first-order valence-corrected chi connectivity index (χ1v) is 7.47. The van der Waals surface area contributed by atoms with Gasteiger partial charge >= 0.3 is 0 Å². The number of anilines is 1. The van der Waals surface area contributed by atoms with Crippen LogP contribution in [0.25, 0.3) is 10.2 Å². The van der Waals surface area contributed by atoms with E-state index in [4.69, 9.17) is 0 Å². The molecule has 4 nitrogen and oxygen atoms in total. The van der Waals surface area contributed by atoms with Crippen LogP contribution in [0.2, 0.25) is 0 Å². The SMILES string of the molecule is Cc1sc2ncnc(N(C)CC3CC(O)C3)c2c1C. The van der Waals surface area contributed by atoms with E-state index in [1.165, 1.54) is 15.8 Å². The van der Waals surface area contributed by atoms with Gasteiger partial charge in [-0.3, -0.25) is 0 Å². The first kappa shape index (κ1) is 12.8. The second-order valence-corrected chi connectivity index (χ2v) is 6.74. The molecule has 0 radical (unpaired) electrons. The van der Waals surface area contributed by atoms with Gasteiger partial charge < -0.3 is 10.0 Å². The summed E-state index contributed by atoms with van der Waals surface area (Å²) >= 11 is 1.73. The molecule has 2 aromatic rings. The van der Waals surface area contributed by atoms with E-state index in [2.05, 4.69) is 35.8 Å². The minimum Gasteiger partial charge on any atom is -0.393 e. The maximum Gasteiger partial charge on any atom is 0.140 e. The van der Waals surface area contributed by atoms with Crippen molar-refractivity contribution in [1.29, 1.82) is 0 Å². The Hall–Kier alpha value is -1.20. The second kappa shape index (κ2) is 4.72. The quantitative estimate of drug-likeness (QED) is 0.936. The molecule has 0 bridgehead atoms. The number of hydrogen-bond acceptors (Lipinski definition) is 5. The Balaban J connectivity index is 1.91. The summed E-state index contributed by atoms with van der Waals surface area (Å²) in [6, 6.07) is 0. The van der Waals surface area contributed by atoms with E-state index in [-0.39, 0.29) is 6.10 Å². The summed E-state index contributed by atoms with van der Waals surface area (Å²) in [5.74, 6) is 1.61. The van der Waals surface area contributed by atoms with Gasteiger partial charge in [-0.2, -0.15) is 0 Å². The average molecular weight is 277 g/mol. The molecule has 2 heterocycles. The van der Waals surface area contributed by atoms with Crippen LogP contribution >= 0.6 is 11.3 Å². The average Bonchev–Trinajstić information content (AvgIpc) is 2.63. The number of aromatic nitrogens is 2. The van der Waals surface area contributed by atoms with E-state index in [9.17, 15) is 5.11 Å². The van der Waals surface area contributed by atoms with E-state index in [1.54, 1.807) is 17.7 Å². The molecule has 0 unspecified atom stereocenters. The van der Waals surface area contributed by atoms with Crippen LogP contribution in [0.15, 0.2) is 6.33 Å². The van der Waals surface area contributed by atoms with Crippen LogP contribution in [0.3, 0.4) is 0 Å². The van der Waals surface area contributed by atoms with Gasteiger partial charge in [0.2, 0.25) is 0 Å². The molecule has 102 valence electrons. The van der Waals surface area contributed by atoms with E-state index < -0.39 is 0 Å². The van der Waals surface area contributed by atoms with Gasteiger partial charge in [-0.15, -0.1) is 11.3 Å². The molecular formula is C14H19N3OS. The summed E-state index contributed by atoms with van der Waals surface area (Å²) in [7, 11) is 2.08. The van der Waals surface area contributed by atoms with Crippen molar-refractivity contribution < 1.29 is 5.11 Å². The van der Waals surface area contributed by atoms with Gasteiger partial charge in [0, 0.05) is 18.5 Å². The minimum atomic E-state index is -0.0889. The summed E-state index contributed by atoms with van der Waals surface area (Å²) in [4.78, 5) is 13.4. The third-order valence-corrected chi connectivity index (χ3v) is 5.17. The maximum absolute atomic E-state index is 9.38. The Morgan fingerprint density at radius 2 is 2.11 bits per heavy atom. The standard InChI is InChI=1S/C14H19N3OS/c1-8-9(2)19-14-12(8)13(15-7-16-14)17(3)6-10-4-11(18)5-10/h7,10-11,18H,4-6H2,1-3H3. The Morgan fingerprint density at radius 3 is 2.79 bits per heavy atom. The summed E-state index contributed by atoms with van der Waals surface area (Å²) < 4.78 is 0. The van der Waals surface area contributed by atoms with Crippen molar-refractivity contribution in [2.45, 2.75) is 32.8 Å². The van der Waals surface area contributed by atoms with Crippen molar-refractivity contribution in [3.8, 4) is 0 Å². The fraction of sp³-hybridized carbons (Fsp3) is 0.571. The Labute approximate surface area is 117 Å². The highest BCUT2D eigenvalue weighted by atomic mass is 32.1. The zero-order valence-electron chi connectivity index (χ0n) is 11.6. The number of aliphatic hydroxyl groups is 1. The smallest absolute Gasteiger partial charge is 0.140 e. The third-order valence-electron chi connectivity index (χ3n) is 4.05. The number of nitrogens with zero attached hydrogens (tertiary/aromatic N) is 3. The monoisotopic (exact) mass is 277 g/mol. The van der Waals surface area contributed by atoms with Gasteiger partial charge in [-0.1, -0.05) is 0 Å². The van der Waals surface area contributed by atoms with Crippen LogP contribution in [0.5, 0.6) is 0 Å². The lowest BCUT2D eigenvalue weighted by atomic mass is 9.82. The zero-order valence-corrected chi connectivity index (χ0v) is 12.4. The first-order valence-electron chi connectivity index (χ1n) is 6.66. The molecular weight excluding hydrogens is 258 g/mol. The predicted molar refractivity (Wildman–Crippen MR) is 78.9 cm³/mol. The van der Waals surface area contributed by atoms with Gasteiger partial charge in [-0.25, -0.2) is 9.97 Å². The molecule has 0 spiro atoms. The number of fused-ring (bicyclic) bond motifs is 1. The topological polar surface area (TPSA) is 49.2 Å². The molecule has 2 aromatic heterocycles. The molecule has 5 heteroatoms. The first-order chi connectivity index (χ1) is 9.06. The maximum atomic E-state index is 9.38. The van der Waals surface area contributed by atoms with Crippen molar-refractivity contribution >= 4 is 27.4 Å². The number of thiophene rings is 1. The van der Waals surface area contributed by atoms with Crippen LogP contribution < -0.4 is 4.90 Å². The van der Waals surface area contributed by atoms with Gasteiger partial charge in [-0.05, 0) is 38.2 Å². The zero-order chi connectivity index (χ0) is 13.6. The van der Waals surface area contributed by atoms with Crippen molar-refractivity contribution in [1.82, 2.24) is 9.97 Å². The van der Waals surface area contributed by atoms with Crippen LogP contribution in [-0.4, -0.2) is 34.8 Å². The lowest BCUT2D eigenvalue weighted by molar-refractivity contribution is 0.0464. The van der Waals surface area contributed by atoms with Crippen LogP contribution in [0, 0.1) is 19.8 Å². The van der Waals surface area contributed by atoms with E-state index in [1.807, 2.05) is 0 Å². The lowest BCUT2D eigenvalue weighted by Gasteiger charge is -2.35. The molecule has 1 aliphatic rings. The van der Waals surface area contributed by atoms with Crippen LogP contribution in [-0.2, 0) is 0 Å². The lowest BCUT2D eigenvalue weighted by Crippen LogP contribution is -2.37. The molecule has 1 fully saturated rings. The van der Waals surface area contributed by atoms with Gasteiger partial charge in [0.05, 0.1) is 11.5 Å². The van der Waals surface area contributed by atoms with Crippen LogP contribution in [0.1, 0.15) is 23.3 Å². The van der Waals surface area contributed by atoms with E-state index >= 15 is 0 Å². The molecule has 19 heavy (non-hydrogen) atoms. The van der Waals surface area contributed by atoms with Gasteiger partial charge in [0.15, 0.2) is 0 Å². The van der Waals surface area contributed by atoms with E-state index in [0.29, 0.717) is 5.92 Å². The predicted octanol–water partition coefficient (Wildman–Crippen LogP) is 2.52. The molecule has 0 aliphatic heterocycles. The summed E-state index contributed by atoms with van der Waals surface area (Å²) in [5, 5.41) is 10.6. The molecule has 1 aliphatic carbocycles. The highest BCUT2D eigenvalue weighted by Gasteiger charge is 2.28. The normalized spacial score (nSPS) is 22.5. The molecule has 1 saturated carbocycles. The van der Waals surface area contributed by atoms with Crippen molar-refractivity contribution in [2.75, 3.05) is 18.5 Å². The Kier molecular flexibility index (Phi) is 3.19. The molecule has 0 amide bonds. The van der Waals surface area contributed by atoms with Crippen LogP contribution in [0.4, 0.5) is 5.82 Å². The van der Waals surface area contributed by atoms with Gasteiger partial charge in [0.1, 0.15) is 17.0 Å². The van der Waals surface area contributed by atoms with Crippen molar-refractivity contribution in [2.24, 2.45) is 5.92 Å². The number of rotatable bonds is 3. The third kappa shape index (κ3) is 2.21. The van der Waals surface area contributed by atoms with Crippen molar-refractivity contribution in [3.63, 3.8) is 0 Å². The number of hydrogen-bond donors (Lipinski definition) is 1. The minimum absolute atomic E-state index is 0.0889. The fourth-order valence-corrected chi connectivity index (χ4v) is 3.77. The molecule has 3 rings (SSSR count). The largest absolute Gasteiger partial charge is 0.393 e. The molecule has 0 atom stereocenters. The van der Waals surface area contributed by atoms with E-state index in [0.717, 1.165) is 30.0 Å². The molecule has 1 N–H and O–H groups in total. The van der Waals surface area contributed by atoms with Crippen molar-refractivity contribution in [3.05, 3.63) is 16.8 Å². The number of aliphatic hydroxyl groups excluding tert-OH is 1. The highest BCUT2D eigenvalue weighted by Crippen LogP contribution is 2.35.